The van der Waals surface area contributed by atoms with Crippen molar-refractivity contribution in [2.75, 3.05) is 0 Å². The highest BCUT2D eigenvalue weighted by Gasteiger charge is 2.08. The standard InChI is InChI=1S/C13H18N4.C12H16N4/c1-2-3-4-8-11-17-13(14-15-16-17)12-9-6-5-7-10-12;1-2-3-7-10-16-12(13-14-15-16)11-8-5-4-6-9-11/h5-7,9-10H,2-4,8,11H2,1H3;4-6,8-9H,2-3,7,10H2,1H3. The third-order valence-electron chi connectivity index (χ3n) is 5.32. The van der Waals surface area contributed by atoms with E-state index < -0.39 is 0 Å². The van der Waals surface area contributed by atoms with Crippen molar-refractivity contribution in [3.63, 3.8) is 0 Å². The Bertz CT molecular complexity index is 1030. The molecule has 2 aromatic heterocycles. The van der Waals surface area contributed by atoms with Gasteiger partial charge in [-0.15, -0.1) is 10.2 Å². The molecule has 8 nitrogen and oxygen atoms in total. The first-order chi connectivity index (χ1) is 16.3. The highest BCUT2D eigenvalue weighted by atomic mass is 15.5. The zero-order chi connectivity index (χ0) is 23.1. The van der Waals surface area contributed by atoms with Crippen LogP contribution in [0.2, 0.25) is 0 Å². The van der Waals surface area contributed by atoms with Crippen LogP contribution in [0.25, 0.3) is 22.8 Å². The summed E-state index contributed by atoms with van der Waals surface area (Å²) in [6.45, 7) is 6.20. The Labute approximate surface area is 196 Å². The number of aryl methyl sites for hydroxylation is 2. The number of hydrogen-bond acceptors (Lipinski definition) is 6. The molecular formula is C25H34N8. The summed E-state index contributed by atoms with van der Waals surface area (Å²) >= 11 is 0. The predicted octanol–water partition coefficient (Wildman–Crippen LogP) is 5.45. The lowest BCUT2D eigenvalue weighted by Gasteiger charge is -2.04. The van der Waals surface area contributed by atoms with Crippen LogP contribution in [-0.2, 0) is 13.1 Å². The molecule has 0 N–H and O–H groups in total. The van der Waals surface area contributed by atoms with E-state index in [1.165, 1.54) is 32.1 Å². The minimum Gasteiger partial charge on any atom is -0.225 e. The van der Waals surface area contributed by atoms with Gasteiger partial charge in [0, 0.05) is 24.2 Å². The third kappa shape index (κ3) is 7.59. The van der Waals surface area contributed by atoms with Crippen LogP contribution in [0.1, 0.15) is 58.8 Å². The summed E-state index contributed by atoms with van der Waals surface area (Å²) in [7, 11) is 0. The van der Waals surface area contributed by atoms with Crippen LogP contribution in [-0.4, -0.2) is 40.4 Å². The van der Waals surface area contributed by atoms with Gasteiger partial charge in [-0.3, -0.25) is 0 Å². The number of benzene rings is 2. The maximum Gasteiger partial charge on any atom is 0.182 e. The molecule has 0 radical (unpaired) electrons. The van der Waals surface area contributed by atoms with Crippen LogP contribution in [0.15, 0.2) is 60.7 Å². The predicted molar refractivity (Wildman–Crippen MR) is 130 cm³/mol. The fourth-order valence-electron chi connectivity index (χ4n) is 3.50. The van der Waals surface area contributed by atoms with E-state index >= 15 is 0 Å². The molecule has 0 fully saturated rings. The van der Waals surface area contributed by atoms with Crippen molar-refractivity contribution >= 4 is 0 Å². The average Bonchev–Trinajstić information content (AvgIpc) is 3.53. The SMILES string of the molecule is CCCCCCn1nnnc1-c1ccccc1.CCCCCn1nnnc1-c1ccccc1. The van der Waals surface area contributed by atoms with E-state index in [0.717, 1.165) is 48.7 Å². The van der Waals surface area contributed by atoms with Gasteiger partial charge in [0.05, 0.1) is 0 Å². The van der Waals surface area contributed by atoms with Gasteiger partial charge in [0.1, 0.15) is 0 Å². The topological polar surface area (TPSA) is 87.2 Å². The van der Waals surface area contributed by atoms with E-state index in [-0.39, 0.29) is 0 Å². The molecule has 0 saturated carbocycles. The second kappa shape index (κ2) is 13.9. The molecule has 0 aliphatic carbocycles. The first-order valence-electron chi connectivity index (χ1n) is 12.0. The normalized spacial score (nSPS) is 10.6. The van der Waals surface area contributed by atoms with Crippen molar-refractivity contribution in [3.05, 3.63) is 60.7 Å². The molecule has 8 heteroatoms. The van der Waals surface area contributed by atoms with Crippen LogP contribution in [0, 0.1) is 0 Å². The van der Waals surface area contributed by atoms with Gasteiger partial charge in [0.25, 0.3) is 0 Å². The molecule has 2 heterocycles. The maximum atomic E-state index is 4.09. The zero-order valence-corrected chi connectivity index (χ0v) is 19.7. The van der Waals surface area contributed by atoms with Gasteiger partial charge >= 0.3 is 0 Å². The highest BCUT2D eigenvalue weighted by molar-refractivity contribution is 5.54. The van der Waals surface area contributed by atoms with E-state index in [1.807, 2.05) is 70.0 Å². The monoisotopic (exact) mass is 446 g/mol. The maximum absolute atomic E-state index is 4.09. The average molecular weight is 447 g/mol. The molecule has 0 amide bonds. The molecule has 0 saturated heterocycles. The van der Waals surface area contributed by atoms with E-state index in [1.54, 1.807) is 0 Å². The Morgan fingerprint density at radius 3 is 1.42 bits per heavy atom. The highest BCUT2D eigenvalue weighted by Crippen LogP contribution is 2.16. The summed E-state index contributed by atoms with van der Waals surface area (Å²) in [6, 6.07) is 20.1. The first kappa shape index (κ1) is 24.2. The number of rotatable bonds is 11. The Hall–Kier alpha value is -3.42. The Kier molecular flexibility index (Phi) is 10.2. The van der Waals surface area contributed by atoms with E-state index in [4.69, 9.17) is 0 Å². The number of hydrogen-bond donors (Lipinski definition) is 0. The van der Waals surface area contributed by atoms with Crippen LogP contribution in [0.4, 0.5) is 0 Å². The van der Waals surface area contributed by atoms with Crippen molar-refractivity contribution in [3.8, 4) is 22.8 Å². The summed E-state index contributed by atoms with van der Waals surface area (Å²) in [5.74, 6) is 1.72. The lowest BCUT2D eigenvalue weighted by Crippen LogP contribution is -2.03. The molecule has 174 valence electrons. The van der Waals surface area contributed by atoms with Gasteiger partial charge in [0.15, 0.2) is 11.6 Å². The second-order valence-electron chi connectivity index (χ2n) is 7.95. The minimum atomic E-state index is 0.858. The molecule has 0 unspecified atom stereocenters. The Balaban J connectivity index is 0.000000186. The van der Waals surface area contributed by atoms with Gasteiger partial charge in [-0.05, 0) is 33.7 Å². The van der Waals surface area contributed by atoms with Gasteiger partial charge in [-0.25, -0.2) is 9.36 Å². The quantitative estimate of drug-likeness (QED) is 0.285. The lowest BCUT2D eigenvalue weighted by molar-refractivity contribution is 0.531. The molecule has 2 aromatic carbocycles. The van der Waals surface area contributed by atoms with Crippen LogP contribution in [0.5, 0.6) is 0 Å². The number of nitrogens with zero attached hydrogens (tertiary/aromatic N) is 8. The molecule has 0 atom stereocenters. The van der Waals surface area contributed by atoms with Gasteiger partial charge in [-0.1, -0.05) is 107 Å². The van der Waals surface area contributed by atoms with Gasteiger partial charge in [-0.2, -0.15) is 0 Å². The largest absolute Gasteiger partial charge is 0.225 e. The van der Waals surface area contributed by atoms with E-state index in [9.17, 15) is 0 Å². The molecular weight excluding hydrogens is 412 g/mol. The third-order valence-corrected chi connectivity index (χ3v) is 5.32. The number of aromatic nitrogens is 8. The summed E-state index contributed by atoms with van der Waals surface area (Å²) in [6.07, 6.45) is 8.46. The molecule has 0 spiro atoms. The smallest absolute Gasteiger partial charge is 0.182 e. The van der Waals surface area contributed by atoms with E-state index in [2.05, 4.69) is 44.9 Å². The molecule has 33 heavy (non-hydrogen) atoms. The van der Waals surface area contributed by atoms with Crippen molar-refractivity contribution < 1.29 is 0 Å². The fourth-order valence-corrected chi connectivity index (χ4v) is 3.50. The molecule has 0 aliphatic heterocycles. The number of unbranched alkanes of at least 4 members (excludes halogenated alkanes) is 5. The number of tetrazole rings is 2. The van der Waals surface area contributed by atoms with Crippen LogP contribution < -0.4 is 0 Å². The van der Waals surface area contributed by atoms with Gasteiger partial charge < -0.3 is 0 Å². The Morgan fingerprint density at radius 1 is 0.545 bits per heavy atom. The van der Waals surface area contributed by atoms with Crippen LogP contribution in [0.3, 0.4) is 0 Å². The Morgan fingerprint density at radius 2 is 0.970 bits per heavy atom. The summed E-state index contributed by atoms with van der Waals surface area (Å²) in [5, 5.41) is 23.7. The molecule has 4 rings (SSSR count). The molecule has 0 aliphatic rings. The molecule has 4 aromatic rings. The fraction of sp³-hybridized carbons (Fsp3) is 0.440. The summed E-state index contributed by atoms with van der Waals surface area (Å²) in [5.41, 5.74) is 2.15. The van der Waals surface area contributed by atoms with E-state index in [0.29, 0.717) is 0 Å². The van der Waals surface area contributed by atoms with Crippen molar-refractivity contribution in [2.24, 2.45) is 0 Å². The lowest BCUT2D eigenvalue weighted by atomic mass is 10.2. The first-order valence-corrected chi connectivity index (χ1v) is 12.0. The van der Waals surface area contributed by atoms with Crippen LogP contribution >= 0.6 is 0 Å². The van der Waals surface area contributed by atoms with Gasteiger partial charge in [0.2, 0.25) is 0 Å². The summed E-state index contributed by atoms with van der Waals surface area (Å²) in [4.78, 5) is 0. The van der Waals surface area contributed by atoms with Crippen molar-refractivity contribution in [2.45, 2.75) is 71.9 Å². The minimum absolute atomic E-state index is 0.858. The summed E-state index contributed by atoms with van der Waals surface area (Å²) < 4.78 is 3.77. The molecule has 0 bridgehead atoms. The zero-order valence-electron chi connectivity index (χ0n) is 19.7. The van der Waals surface area contributed by atoms with Crippen molar-refractivity contribution in [1.29, 1.82) is 0 Å². The van der Waals surface area contributed by atoms with Crippen molar-refractivity contribution in [1.82, 2.24) is 40.4 Å². The second-order valence-corrected chi connectivity index (χ2v) is 7.95.